The lowest BCUT2D eigenvalue weighted by Gasteiger charge is -2.12. The maximum atomic E-state index is 6.19. The van der Waals surface area contributed by atoms with Gasteiger partial charge in [0, 0.05) is 25.7 Å². The summed E-state index contributed by atoms with van der Waals surface area (Å²) in [5, 5.41) is 4.33. The molecule has 0 saturated heterocycles. The van der Waals surface area contributed by atoms with Gasteiger partial charge in [-0.25, -0.2) is 0 Å². The summed E-state index contributed by atoms with van der Waals surface area (Å²) in [5.74, 6) is 0.809. The van der Waals surface area contributed by atoms with Gasteiger partial charge in [-0.3, -0.25) is 4.68 Å². The van der Waals surface area contributed by atoms with Crippen LogP contribution in [-0.2, 0) is 13.5 Å². The second-order valence-electron chi connectivity index (χ2n) is 4.19. The van der Waals surface area contributed by atoms with Crippen molar-refractivity contribution in [3.8, 4) is 5.75 Å². The number of aryl methyl sites for hydroxylation is 1. The van der Waals surface area contributed by atoms with Crippen LogP contribution in [0.5, 0.6) is 5.75 Å². The van der Waals surface area contributed by atoms with Crippen LogP contribution in [0.15, 0.2) is 34.9 Å². The molecule has 96 valence electrons. The van der Waals surface area contributed by atoms with Gasteiger partial charge in [-0.05, 0) is 39.7 Å². The van der Waals surface area contributed by atoms with Gasteiger partial charge in [0.05, 0.1) is 17.3 Å². The SMILES string of the molecule is COc1ccc(C(N)Cc2ccn(C)n2)cc1Br. The molecule has 5 heteroatoms. The first kappa shape index (κ1) is 13.1. The average molecular weight is 310 g/mol. The highest BCUT2D eigenvalue weighted by Gasteiger charge is 2.11. The first-order chi connectivity index (χ1) is 8.60. The van der Waals surface area contributed by atoms with Crippen LogP contribution in [-0.4, -0.2) is 16.9 Å². The first-order valence-electron chi connectivity index (χ1n) is 5.67. The summed E-state index contributed by atoms with van der Waals surface area (Å²) in [5.41, 5.74) is 8.25. The van der Waals surface area contributed by atoms with Crippen molar-refractivity contribution in [3.63, 3.8) is 0 Å². The highest BCUT2D eigenvalue weighted by Crippen LogP contribution is 2.28. The topological polar surface area (TPSA) is 53.1 Å². The molecule has 0 aliphatic heterocycles. The molecule has 2 aromatic rings. The van der Waals surface area contributed by atoms with E-state index in [9.17, 15) is 0 Å². The normalized spacial score (nSPS) is 12.4. The molecular formula is C13H16BrN3O. The molecule has 1 aromatic carbocycles. The zero-order valence-corrected chi connectivity index (χ0v) is 12.0. The van der Waals surface area contributed by atoms with E-state index < -0.39 is 0 Å². The van der Waals surface area contributed by atoms with Gasteiger partial charge < -0.3 is 10.5 Å². The van der Waals surface area contributed by atoms with E-state index in [1.165, 1.54) is 0 Å². The highest BCUT2D eigenvalue weighted by atomic mass is 79.9. The molecule has 1 atom stereocenters. The predicted molar refractivity (Wildman–Crippen MR) is 74.5 cm³/mol. The fourth-order valence-corrected chi connectivity index (χ4v) is 2.39. The lowest BCUT2D eigenvalue weighted by molar-refractivity contribution is 0.412. The van der Waals surface area contributed by atoms with Crippen molar-refractivity contribution in [1.29, 1.82) is 0 Å². The van der Waals surface area contributed by atoms with Gasteiger partial charge in [-0.15, -0.1) is 0 Å². The summed E-state index contributed by atoms with van der Waals surface area (Å²) in [6.45, 7) is 0. The average Bonchev–Trinajstić information content (AvgIpc) is 2.74. The van der Waals surface area contributed by atoms with E-state index in [0.29, 0.717) is 0 Å². The Labute approximate surface area is 115 Å². The van der Waals surface area contributed by atoms with Crippen molar-refractivity contribution in [2.75, 3.05) is 7.11 Å². The zero-order valence-electron chi connectivity index (χ0n) is 10.4. The monoisotopic (exact) mass is 309 g/mol. The fraction of sp³-hybridized carbons (Fsp3) is 0.308. The minimum Gasteiger partial charge on any atom is -0.496 e. The van der Waals surface area contributed by atoms with Crippen molar-refractivity contribution in [2.24, 2.45) is 12.8 Å². The third kappa shape index (κ3) is 2.91. The summed E-state index contributed by atoms with van der Waals surface area (Å²) in [7, 11) is 3.55. The zero-order chi connectivity index (χ0) is 13.1. The van der Waals surface area contributed by atoms with Crippen LogP contribution in [0.25, 0.3) is 0 Å². The van der Waals surface area contributed by atoms with E-state index in [1.807, 2.05) is 37.5 Å². The van der Waals surface area contributed by atoms with Crippen LogP contribution in [0, 0.1) is 0 Å². The Balaban J connectivity index is 2.13. The molecule has 0 radical (unpaired) electrons. The lowest BCUT2D eigenvalue weighted by atomic mass is 10.0. The summed E-state index contributed by atoms with van der Waals surface area (Å²) < 4.78 is 7.90. The van der Waals surface area contributed by atoms with Gasteiger partial charge in [0.15, 0.2) is 0 Å². The van der Waals surface area contributed by atoms with E-state index in [1.54, 1.807) is 11.8 Å². The van der Waals surface area contributed by atoms with Crippen LogP contribution in [0.2, 0.25) is 0 Å². The van der Waals surface area contributed by atoms with Gasteiger partial charge >= 0.3 is 0 Å². The van der Waals surface area contributed by atoms with Crippen molar-refractivity contribution in [1.82, 2.24) is 9.78 Å². The smallest absolute Gasteiger partial charge is 0.133 e. The van der Waals surface area contributed by atoms with E-state index in [2.05, 4.69) is 21.0 Å². The quantitative estimate of drug-likeness (QED) is 0.943. The van der Waals surface area contributed by atoms with Crippen molar-refractivity contribution in [2.45, 2.75) is 12.5 Å². The molecular weight excluding hydrogens is 294 g/mol. The molecule has 0 aliphatic rings. The summed E-state index contributed by atoms with van der Waals surface area (Å²) in [6, 6.07) is 7.81. The Hall–Kier alpha value is -1.33. The van der Waals surface area contributed by atoms with Crippen LogP contribution in [0.3, 0.4) is 0 Å². The van der Waals surface area contributed by atoms with Crippen LogP contribution in [0.4, 0.5) is 0 Å². The molecule has 0 bridgehead atoms. The minimum atomic E-state index is -0.0675. The van der Waals surface area contributed by atoms with Gasteiger partial charge in [0.1, 0.15) is 5.75 Å². The second-order valence-corrected chi connectivity index (χ2v) is 5.04. The van der Waals surface area contributed by atoms with Crippen molar-refractivity contribution >= 4 is 15.9 Å². The molecule has 2 N–H and O–H groups in total. The third-order valence-corrected chi connectivity index (χ3v) is 3.42. The number of nitrogens with two attached hydrogens (primary N) is 1. The largest absolute Gasteiger partial charge is 0.496 e. The van der Waals surface area contributed by atoms with Gasteiger partial charge in [-0.2, -0.15) is 5.10 Å². The number of aromatic nitrogens is 2. The minimum absolute atomic E-state index is 0.0675. The molecule has 0 saturated carbocycles. The number of hydrogen-bond acceptors (Lipinski definition) is 3. The van der Waals surface area contributed by atoms with Crippen LogP contribution >= 0.6 is 15.9 Å². The van der Waals surface area contributed by atoms with E-state index >= 15 is 0 Å². The lowest BCUT2D eigenvalue weighted by Crippen LogP contribution is -2.14. The Bertz CT molecular complexity index is 539. The molecule has 0 fully saturated rings. The summed E-state index contributed by atoms with van der Waals surface area (Å²) in [4.78, 5) is 0. The predicted octanol–water partition coefficient (Wildman–Crippen LogP) is 2.43. The second kappa shape index (κ2) is 5.54. The number of rotatable bonds is 4. The molecule has 0 amide bonds. The summed E-state index contributed by atoms with van der Waals surface area (Å²) >= 11 is 3.46. The standard InChI is InChI=1S/C13H16BrN3O/c1-17-6-5-10(16-17)8-12(15)9-3-4-13(18-2)11(14)7-9/h3-7,12H,8,15H2,1-2H3. The maximum absolute atomic E-state index is 6.19. The Morgan fingerprint density at radius 2 is 2.22 bits per heavy atom. The Morgan fingerprint density at radius 1 is 1.44 bits per heavy atom. The van der Waals surface area contributed by atoms with E-state index in [4.69, 9.17) is 10.5 Å². The number of methoxy groups -OCH3 is 1. The Kier molecular flexibility index (Phi) is 4.04. The number of benzene rings is 1. The summed E-state index contributed by atoms with van der Waals surface area (Å²) in [6.07, 6.45) is 2.64. The number of nitrogens with zero attached hydrogens (tertiary/aromatic N) is 2. The molecule has 0 spiro atoms. The van der Waals surface area contributed by atoms with E-state index in [0.717, 1.165) is 27.9 Å². The van der Waals surface area contributed by atoms with Gasteiger partial charge in [-0.1, -0.05) is 6.07 Å². The van der Waals surface area contributed by atoms with Crippen LogP contribution < -0.4 is 10.5 Å². The molecule has 0 aliphatic carbocycles. The third-order valence-electron chi connectivity index (χ3n) is 2.80. The Morgan fingerprint density at radius 3 is 2.78 bits per heavy atom. The fourth-order valence-electron chi connectivity index (χ4n) is 1.83. The maximum Gasteiger partial charge on any atom is 0.133 e. The number of ether oxygens (including phenoxy) is 1. The van der Waals surface area contributed by atoms with Crippen molar-refractivity contribution < 1.29 is 4.74 Å². The molecule has 4 nitrogen and oxygen atoms in total. The molecule has 18 heavy (non-hydrogen) atoms. The van der Waals surface area contributed by atoms with E-state index in [-0.39, 0.29) is 6.04 Å². The van der Waals surface area contributed by atoms with Gasteiger partial charge in [0.25, 0.3) is 0 Å². The highest BCUT2D eigenvalue weighted by molar-refractivity contribution is 9.10. The van der Waals surface area contributed by atoms with Crippen LogP contribution in [0.1, 0.15) is 17.3 Å². The van der Waals surface area contributed by atoms with Gasteiger partial charge in [0.2, 0.25) is 0 Å². The molecule has 1 unspecified atom stereocenters. The molecule has 2 rings (SSSR count). The number of hydrogen-bond donors (Lipinski definition) is 1. The molecule has 1 heterocycles. The molecule has 1 aromatic heterocycles. The number of halogens is 1. The first-order valence-corrected chi connectivity index (χ1v) is 6.47. The van der Waals surface area contributed by atoms with Crippen molar-refractivity contribution in [3.05, 3.63) is 46.2 Å².